The molecule has 1 aliphatic carbocycles. The fraction of sp³-hybridized carbons (Fsp3) is 0.500. The normalized spacial score (nSPS) is 30.3. The fourth-order valence-electron chi connectivity index (χ4n) is 4.23. The molecule has 0 radical (unpaired) electrons. The molecule has 2 aromatic heterocycles. The summed E-state index contributed by atoms with van der Waals surface area (Å²) in [5.41, 5.74) is 0.207. The minimum absolute atomic E-state index is 0.205. The van der Waals surface area contributed by atoms with Crippen LogP contribution in [0.4, 0.5) is 5.82 Å². The molecule has 138 valence electrons. The Kier molecular flexibility index (Phi) is 5.42. The van der Waals surface area contributed by atoms with Crippen LogP contribution in [-0.4, -0.2) is 56.1 Å². The van der Waals surface area contributed by atoms with E-state index in [1.807, 2.05) is 30.6 Å². The molecule has 1 saturated heterocycles. The van der Waals surface area contributed by atoms with E-state index in [4.69, 9.17) is 0 Å². The summed E-state index contributed by atoms with van der Waals surface area (Å²) in [5.74, 6) is 1.08. The van der Waals surface area contributed by atoms with Crippen LogP contribution < -0.4 is 4.90 Å². The fourth-order valence-corrected chi connectivity index (χ4v) is 5.49. The highest BCUT2D eigenvalue weighted by Crippen LogP contribution is 2.42. The second kappa shape index (κ2) is 7.78. The van der Waals surface area contributed by atoms with Gasteiger partial charge in [-0.05, 0) is 37.5 Å². The Morgan fingerprint density at radius 2 is 1.92 bits per heavy atom. The van der Waals surface area contributed by atoms with Gasteiger partial charge < -0.3 is 10.0 Å². The minimum atomic E-state index is -0.749. The van der Waals surface area contributed by atoms with Crippen molar-refractivity contribution in [1.82, 2.24) is 14.9 Å². The third-order valence-electron chi connectivity index (χ3n) is 5.82. The Labute approximate surface area is 168 Å². The van der Waals surface area contributed by atoms with Gasteiger partial charge in [-0.15, -0.1) is 0 Å². The monoisotopic (exact) mass is 464 g/mol. The number of piperazine rings is 1. The first kappa shape index (κ1) is 18.1. The Morgan fingerprint density at radius 1 is 1.08 bits per heavy atom. The zero-order chi connectivity index (χ0) is 18.0. The lowest BCUT2D eigenvalue weighted by Gasteiger charge is -2.46. The van der Waals surface area contributed by atoms with Crippen molar-refractivity contribution in [2.24, 2.45) is 0 Å². The average Bonchev–Trinajstić information content (AvgIpc) is 2.71. The van der Waals surface area contributed by atoms with Crippen molar-refractivity contribution in [2.75, 3.05) is 31.1 Å². The summed E-state index contributed by atoms with van der Waals surface area (Å²) < 4.78 is 0.205. The third kappa shape index (κ3) is 3.59. The van der Waals surface area contributed by atoms with E-state index < -0.39 is 5.60 Å². The molecule has 0 amide bonds. The predicted octanol–water partition coefficient (Wildman–Crippen LogP) is 2.84. The van der Waals surface area contributed by atoms with E-state index in [1.165, 1.54) is 0 Å². The van der Waals surface area contributed by atoms with Gasteiger partial charge in [0.25, 0.3) is 0 Å². The largest absolute Gasteiger partial charge is 0.384 e. The zero-order valence-corrected chi connectivity index (χ0v) is 17.0. The number of pyridine rings is 2. The van der Waals surface area contributed by atoms with Crippen molar-refractivity contribution in [1.29, 1.82) is 0 Å². The van der Waals surface area contributed by atoms with Gasteiger partial charge in [0.2, 0.25) is 0 Å². The van der Waals surface area contributed by atoms with Gasteiger partial charge in [-0.25, -0.2) is 4.98 Å². The van der Waals surface area contributed by atoms with E-state index in [9.17, 15) is 5.11 Å². The molecule has 2 fully saturated rings. The molecule has 0 aromatic carbocycles. The Balaban J connectivity index is 1.36. The molecule has 2 aliphatic rings. The van der Waals surface area contributed by atoms with Crippen molar-refractivity contribution in [3.05, 3.63) is 54.5 Å². The Bertz CT molecular complexity index is 708. The molecule has 1 N–H and O–H groups in total. The van der Waals surface area contributed by atoms with E-state index in [0.29, 0.717) is 6.04 Å². The number of rotatable bonds is 3. The molecule has 6 heteroatoms. The number of aromatic nitrogens is 2. The highest BCUT2D eigenvalue weighted by Gasteiger charge is 2.43. The number of anilines is 1. The van der Waals surface area contributed by atoms with Crippen LogP contribution in [0.1, 0.15) is 24.8 Å². The molecule has 26 heavy (non-hydrogen) atoms. The third-order valence-corrected chi connectivity index (χ3v) is 7.36. The molecule has 0 bridgehead atoms. The lowest BCUT2D eigenvalue weighted by molar-refractivity contribution is -0.0147. The Morgan fingerprint density at radius 3 is 2.58 bits per heavy atom. The molecule has 3 atom stereocenters. The van der Waals surface area contributed by atoms with Crippen molar-refractivity contribution in [3.63, 3.8) is 0 Å². The Hall–Kier alpha value is -1.25. The first-order chi connectivity index (χ1) is 12.7. The van der Waals surface area contributed by atoms with Crippen LogP contribution in [0.25, 0.3) is 0 Å². The van der Waals surface area contributed by atoms with Crippen LogP contribution in [0.2, 0.25) is 0 Å². The molecule has 5 nitrogen and oxygen atoms in total. The van der Waals surface area contributed by atoms with Gasteiger partial charge in [0.15, 0.2) is 0 Å². The molecule has 4 rings (SSSR count). The van der Waals surface area contributed by atoms with E-state index in [2.05, 4.69) is 54.5 Å². The van der Waals surface area contributed by atoms with E-state index >= 15 is 0 Å². The highest BCUT2D eigenvalue weighted by atomic mass is 127. The van der Waals surface area contributed by atoms with Gasteiger partial charge >= 0.3 is 0 Å². The predicted molar refractivity (Wildman–Crippen MR) is 112 cm³/mol. The van der Waals surface area contributed by atoms with Crippen molar-refractivity contribution >= 4 is 28.4 Å². The zero-order valence-electron chi connectivity index (χ0n) is 14.8. The summed E-state index contributed by atoms with van der Waals surface area (Å²) in [6.07, 6.45) is 8.31. The SMILES string of the molecule is OC1(c2cccnc2)CCC(N2CCN(c3ccccn3)CC2)CC1I. The summed E-state index contributed by atoms with van der Waals surface area (Å²) in [5, 5.41) is 11.2. The van der Waals surface area contributed by atoms with Gasteiger partial charge in [0.1, 0.15) is 11.4 Å². The minimum Gasteiger partial charge on any atom is -0.384 e. The van der Waals surface area contributed by atoms with Gasteiger partial charge in [0.05, 0.1) is 0 Å². The quantitative estimate of drug-likeness (QED) is 0.560. The van der Waals surface area contributed by atoms with E-state index in [-0.39, 0.29) is 3.92 Å². The molecule has 2 aromatic rings. The summed E-state index contributed by atoms with van der Waals surface area (Å²) in [4.78, 5) is 13.6. The van der Waals surface area contributed by atoms with Gasteiger partial charge in [-0.1, -0.05) is 34.7 Å². The molecule has 3 heterocycles. The summed E-state index contributed by atoms with van der Waals surface area (Å²) >= 11 is 2.44. The first-order valence-corrected chi connectivity index (χ1v) is 10.6. The number of hydrogen-bond acceptors (Lipinski definition) is 5. The standard InChI is InChI=1S/C20H25IN4O/c21-18-14-17(6-7-20(18,26)16-4-3-8-22-15-16)24-10-12-25(13-11-24)19-5-1-2-9-23-19/h1-5,8-9,15,17-18,26H,6-7,10-14H2. The maximum Gasteiger partial charge on any atom is 0.128 e. The van der Waals surface area contributed by atoms with Crippen LogP contribution in [0.5, 0.6) is 0 Å². The van der Waals surface area contributed by atoms with E-state index in [1.54, 1.807) is 6.20 Å². The molecule has 1 saturated carbocycles. The van der Waals surface area contributed by atoms with Crippen LogP contribution in [0.15, 0.2) is 48.9 Å². The van der Waals surface area contributed by atoms with Gasteiger partial charge in [-0.3, -0.25) is 9.88 Å². The molecule has 3 unspecified atom stereocenters. The number of nitrogens with zero attached hydrogens (tertiary/aromatic N) is 4. The van der Waals surface area contributed by atoms with E-state index in [0.717, 1.165) is 56.8 Å². The number of hydrogen-bond donors (Lipinski definition) is 1. The smallest absolute Gasteiger partial charge is 0.128 e. The lowest BCUT2D eigenvalue weighted by atomic mass is 9.77. The molecule has 0 spiro atoms. The van der Waals surface area contributed by atoms with Gasteiger partial charge in [-0.2, -0.15) is 0 Å². The molecular formula is C20H25IN4O. The van der Waals surface area contributed by atoms with Crippen molar-refractivity contribution in [3.8, 4) is 0 Å². The van der Waals surface area contributed by atoms with Crippen LogP contribution in [0, 0.1) is 0 Å². The number of halogens is 1. The van der Waals surface area contributed by atoms with Crippen LogP contribution in [0.3, 0.4) is 0 Å². The maximum atomic E-state index is 11.2. The summed E-state index contributed by atoms with van der Waals surface area (Å²) in [6, 6.07) is 10.6. The van der Waals surface area contributed by atoms with Gasteiger partial charge in [0, 0.05) is 60.3 Å². The average molecular weight is 464 g/mol. The second-order valence-corrected chi connectivity index (χ2v) is 8.78. The molecule has 1 aliphatic heterocycles. The lowest BCUT2D eigenvalue weighted by Crippen LogP contribution is -2.54. The van der Waals surface area contributed by atoms with Crippen molar-refractivity contribution < 1.29 is 5.11 Å². The topological polar surface area (TPSA) is 52.5 Å². The summed E-state index contributed by atoms with van der Waals surface area (Å²) in [6.45, 7) is 4.17. The van der Waals surface area contributed by atoms with Crippen molar-refractivity contribution in [2.45, 2.75) is 34.8 Å². The summed E-state index contributed by atoms with van der Waals surface area (Å²) in [7, 11) is 0. The molecular weight excluding hydrogens is 439 g/mol. The van der Waals surface area contributed by atoms with Crippen LogP contribution >= 0.6 is 22.6 Å². The first-order valence-electron chi connectivity index (χ1n) is 9.34. The highest BCUT2D eigenvalue weighted by molar-refractivity contribution is 14.1. The van der Waals surface area contributed by atoms with Crippen LogP contribution in [-0.2, 0) is 5.60 Å². The second-order valence-electron chi connectivity index (χ2n) is 7.27. The maximum absolute atomic E-state index is 11.2. The number of alkyl halides is 1. The number of aliphatic hydroxyl groups is 1.